The van der Waals surface area contributed by atoms with Crippen molar-refractivity contribution in [1.29, 1.82) is 0 Å². The van der Waals surface area contributed by atoms with Crippen molar-refractivity contribution in [2.75, 3.05) is 39.8 Å². The molecule has 2 fully saturated rings. The number of rotatable bonds is 3. The standard InChI is InChI=1S/C16H32N2O/c1-15-12-17(2)10-7-11-18(15)13-16(14-19)8-5-3-4-6-9-16/h15,19H,3-14H2,1-2H3. The molecular weight excluding hydrogens is 236 g/mol. The van der Waals surface area contributed by atoms with Crippen LogP contribution in [0.5, 0.6) is 0 Å². The molecule has 1 N–H and O–H groups in total. The first-order valence-corrected chi connectivity index (χ1v) is 8.19. The van der Waals surface area contributed by atoms with Gasteiger partial charge in [0.15, 0.2) is 0 Å². The van der Waals surface area contributed by atoms with E-state index in [1.54, 1.807) is 0 Å². The lowest BCUT2D eigenvalue weighted by Gasteiger charge is -2.39. The van der Waals surface area contributed by atoms with Crippen molar-refractivity contribution in [2.45, 2.75) is 57.9 Å². The van der Waals surface area contributed by atoms with Gasteiger partial charge in [-0.2, -0.15) is 0 Å². The molecule has 0 aromatic heterocycles. The number of hydrogen-bond donors (Lipinski definition) is 1. The molecule has 1 heterocycles. The Morgan fingerprint density at radius 3 is 2.37 bits per heavy atom. The fourth-order valence-electron chi connectivity index (χ4n) is 3.93. The van der Waals surface area contributed by atoms with Crippen molar-refractivity contribution < 1.29 is 5.11 Å². The fourth-order valence-corrected chi connectivity index (χ4v) is 3.93. The van der Waals surface area contributed by atoms with E-state index in [-0.39, 0.29) is 5.41 Å². The molecule has 2 rings (SSSR count). The molecule has 1 saturated heterocycles. The van der Waals surface area contributed by atoms with E-state index in [2.05, 4.69) is 23.8 Å². The van der Waals surface area contributed by atoms with Crippen LogP contribution < -0.4 is 0 Å². The average molecular weight is 268 g/mol. The van der Waals surface area contributed by atoms with Crippen molar-refractivity contribution in [3.05, 3.63) is 0 Å². The molecule has 0 bridgehead atoms. The molecule has 1 unspecified atom stereocenters. The molecule has 3 nitrogen and oxygen atoms in total. The van der Waals surface area contributed by atoms with Crippen LogP contribution in [0.25, 0.3) is 0 Å². The molecule has 1 aliphatic heterocycles. The molecule has 2 aliphatic rings. The summed E-state index contributed by atoms with van der Waals surface area (Å²) >= 11 is 0. The number of likely N-dealkylation sites (N-methyl/N-ethyl adjacent to an activating group) is 1. The quantitative estimate of drug-likeness (QED) is 0.796. The highest BCUT2D eigenvalue weighted by molar-refractivity contribution is 4.87. The second-order valence-corrected chi connectivity index (χ2v) is 7.01. The molecule has 1 saturated carbocycles. The second kappa shape index (κ2) is 7.05. The van der Waals surface area contributed by atoms with Crippen LogP contribution in [0.4, 0.5) is 0 Å². The SMILES string of the molecule is CC1CN(C)CCCN1CC1(CO)CCCCCC1. The van der Waals surface area contributed by atoms with Gasteiger partial charge in [-0.1, -0.05) is 25.7 Å². The average Bonchev–Trinajstić information content (AvgIpc) is 2.71. The van der Waals surface area contributed by atoms with Gasteiger partial charge in [0.05, 0.1) is 0 Å². The number of aliphatic hydroxyl groups is 1. The molecule has 0 spiro atoms. The maximum Gasteiger partial charge on any atom is 0.0499 e. The predicted molar refractivity (Wildman–Crippen MR) is 80.4 cm³/mol. The van der Waals surface area contributed by atoms with Crippen molar-refractivity contribution in [2.24, 2.45) is 5.41 Å². The monoisotopic (exact) mass is 268 g/mol. The summed E-state index contributed by atoms with van der Waals surface area (Å²) < 4.78 is 0. The normalized spacial score (nSPS) is 30.8. The largest absolute Gasteiger partial charge is 0.396 e. The summed E-state index contributed by atoms with van der Waals surface area (Å²) in [6.45, 7) is 7.43. The molecule has 0 aromatic carbocycles. The smallest absolute Gasteiger partial charge is 0.0499 e. The van der Waals surface area contributed by atoms with E-state index < -0.39 is 0 Å². The molecule has 19 heavy (non-hydrogen) atoms. The highest BCUT2D eigenvalue weighted by atomic mass is 16.3. The topological polar surface area (TPSA) is 26.7 Å². The van der Waals surface area contributed by atoms with Gasteiger partial charge in [-0.05, 0) is 46.3 Å². The fraction of sp³-hybridized carbons (Fsp3) is 1.00. The molecule has 1 atom stereocenters. The van der Waals surface area contributed by atoms with Gasteiger partial charge in [-0.25, -0.2) is 0 Å². The van der Waals surface area contributed by atoms with E-state index in [1.165, 1.54) is 64.6 Å². The summed E-state index contributed by atoms with van der Waals surface area (Å²) in [6.07, 6.45) is 9.05. The van der Waals surface area contributed by atoms with E-state index in [0.717, 1.165) is 6.54 Å². The van der Waals surface area contributed by atoms with Crippen LogP contribution in [0.2, 0.25) is 0 Å². The van der Waals surface area contributed by atoms with Crippen LogP contribution in [0, 0.1) is 5.41 Å². The summed E-state index contributed by atoms with van der Waals surface area (Å²) in [7, 11) is 2.23. The van der Waals surface area contributed by atoms with Crippen molar-refractivity contribution in [3.63, 3.8) is 0 Å². The molecule has 1 aliphatic carbocycles. The highest BCUT2D eigenvalue weighted by Gasteiger charge is 2.34. The lowest BCUT2D eigenvalue weighted by molar-refractivity contribution is 0.0454. The summed E-state index contributed by atoms with van der Waals surface area (Å²) in [6, 6.07) is 0.624. The zero-order chi connectivity index (χ0) is 13.7. The summed E-state index contributed by atoms with van der Waals surface area (Å²) in [5.74, 6) is 0. The minimum atomic E-state index is 0.188. The van der Waals surface area contributed by atoms with E-state index in [4.69, 9.17) is 0 Å². The molecule has 0 radical (unpaired) electrons. The molecule has 3 heteroatoms. The summed E-state index contributed by atoms with van der Waals surface area (Å²) in [5.41, 5.74) is 0.188. The van der Waals surface area contributed by atoms with Gasteiger partial charge in [-0.3, -0.25) is 4.90 Å². The first-order chi connectivity index (χ1) is 9.15. The maximum absolute atomic E-state index is 9.97. The zero-order valence-corrected chi connectivity index (χ0v) is 12.9. The van der Waals surface area contributed by atoms with Gasteiger partial charge >= 0.3 is 0 Å². The van der Waals surface area contributed by atoms with Gasteiger partial charge in [0.25, 0.3) is 0 Å². The molecular formula is C16H32N2O. The third-order valence-electron chi connectivity index (χ3n) is 5.22. The van der Waals surface area contributed by atoms with E-state index in [9.17, 15) is 5.11 Å². The predicted octanol–water partition coefficient (Wildman–Crippen LogP) is 2.35. The van der Waals surface area contributed by atoms with Crippen molar-refractivity contribution in [3.8, 4) is 0 Å². The second-order valence-electron chi connectivity index (χ2n) is 7.01. The Bertz CT molecular complexity index is 261. The third-order valence-corrected chi connectivity index (χ3v) is 5.22. The van der Waals surface area contributed by atoms with Gasteiger partial charge < -0.3 is 10.0 Å². The Balaban J connectivity index is 1.99. The van der Waals surface area contributed by atoms with Crippen LogP contribution in [0.15, 0.2) is 0 Å². The highest BCUT2D eigenvalue weighted by Crippen LogP contribution is 2.36. The summed E-state index contributed by atoms with van der Waals surface area (Å²) in [5, 5.41) is 9.97. The number of aliphatic hydroxyl groups excluding tert-OH is 1. The lowest BCUT2D eigenvalue weighted by atomic mass is 9.80. The lowest BCUT2D eigenvalue weighted by Crippen LogP contribution is -2.46. The minimum absolute atomic E-state index is 0.188. The van der Waals surface area contributed by atoms with Gasteiger partial charge in [-0.15, -0.1) is 0 Å². The van der Waals surface area contributed by atoms with Crippen LogP contribution in [-0.2, 0) is 0 Å². The van der Waals surface area contributed by atoms with Crippen LogP contribution in [0.1, 0.15) is 51.9 Å². The first kappa shape index (κ1) is 15.3. The molecule has 0 aromatic rings. The minimum Gasteiger partial charge on any atom is -0.396 e. The van der Waals surface area contributed by atoms with Gasteiger partial charge in [0.1, 0.15) is 0 Å². The van der Waals surface area contributed by atoms with E-state index in [1.807, 2.05) is 0 Å². The Morgan fingerprint density at radius 1 is 1.05 bits per heavy atom. The molecule has 0 amide bonds. The van der Waals surface area contributed by atoms with E-state index >= 15 is 0 Å². The number of nitrogens with zero attached hydrogens (tertiary/aromatic N) is 2. The number of hydrogen-bond acceptors (Lipinski definition) is 3. The Hall–Kier alpha value is -0.120. The Labute approximate surface area is 119 Å². The molecule has 112 valence electrons. The van der Waals surface area contributed by atoms with Crippen molar-refractivity contribution >= 4 is 0 Å². The zero-order valence-electron chi connectivity index (χ0n) is 12.9. The summed E-state index contributed by atoms with van der Waals surface area (Å²) in [4.78, 5) is 5.09. The third kappa shape index (κ3) is 4.17. The van der Waals surface area contributed by atoms with Crippen LogP contribution in [0.3, 0.4) is 0 Å². The maximum atomic E-state index is 9.97. The Morgan fingerprint density at radius 2 is 1.74 bits per heavy atom. The first-order valence-electron chi connectivity index (χ1n) is 8.19. The van der Waals surface area contributed by atoms with Crippen molar-refractivity contribution in [1.82, 2.24) is 9.80 Å². The Kier molecular flexibility index (Phi) is 5.67. The van der Waals surface area contributed by atoms with Gasteiger partial charge in [0.2, 0.25) is 0 Å². The van der Waals surface area contributed by atoms with Crippen LogP contribution in [-0.4, -0.2) is 60.8 Å². The van der Waals surface area contributed by atoms with Crippen LogP contribution >= 0.6 is 0 Å². The van der Waals surface area contributed by atoms with E-state index in [0.29, 0.717) is 12.6 Å². The van der Waals surface area contributed by atoms with Gasteiger partial charge in [0, 0.05) is 31.2 Å².